The summed E-state index contributed by atoms with van der Waals surface area (Å²) in [5, 5.41) is 3.88. The fourth-order valence-electron chi connectivity index (χ4n) is 3.25. The summed E-state index contributed by atoms with van der Waals surface area (Å²) in [5.41, 5.74) is 4.12. The van der Waals surface area contributed by atoms with Crippen LogP contribution in [-0.4, -0.2) is 4.98 Å². The van der Waals surface area contributed by atoms with Crippen molar-refractivity contribution >= 4 is 39.1 Å². The number of hydrogen-bond donors (Lipinski definition) is 0. The first-order chi connectivity index (χ1) is 13.0. The SMILES string of the molecule is Cc1ccccc1C(CC(N=O)c1cc(Cl)nc(Cl)c1)c1ccc(Br)cc1. The number of aromatic nitrogens is 1. The van der Waals surface area contributed by atoms with Gasteiger partial charge in [-0.15, -0.1) is 0 Å². The average Bonchev–Trinajstić information content (AvgIpc) is 2.64. The van der Waals surface area contributed by atoms with Crippen molar-refractivity contribution in [2.45, 2.75) is 25.3 Å². The standard InChI is InChI=1S/C21H17BrCl2N2O/c1-13-4-2-3-5-17(13)18(14-6-8-16(22)9-7-14)12-19(26-27)15-10-20(23)25-21(24)11-15/h2-11,18-19H,12H2,1H3. The molecule has 3 nitrogen and oxygen atoms in total. The molecule has 0 saturated carbocycles. The lowest BCUT2D eigenvalue weighted by Gasteiger charge is -2.23. The van der Waals surface area contributed by atoms with Gasteiger partial charge in [0.05, 0.1) is 0 Å². The Morgan fingerprint density at radius 1 is 1.00 bits per heavy atom. The van der Waals surface area contributed by atoms with Crippen LogP contribution in [0, 0.1) is 11.8 Å². The zero-order chi connectivity index (χ0) is 19.4. The fraction of sp³-hybridized carbons (Fsp3) is 0.190. The van der Waals surface area contributed by atoms with E-state index in [2.05, 4.69) is 57.3 Å². The van der Waals surface area contributed by atoms with Crippen LogP contribution in [0.15, 0.2) is 70.3 Å². The molecule has 0 N–H and O–H groups in total. The van der Waals surface area contributed by atoms with E-state index in [1.165, 1.54) is 11.1 Å². The number of benzene rings is 2. The topological polar surface area (TPSA) is 42.3 Å². The van der Waals surface area contributed by atoms with E-state index in [9.17, 15) is 4.91 Å². The van der Waals surface area contributed by atoms with Gasteiger partial charge in [0.1, 0.15) is 16.3 Å². The third-order valence-electron chi connectivity index (χ3n) is 4.59. The van der Waals surface area contributed by atoms with Gasteiger partial charge in [0.15, 0.2) is 0 Å². The van der Waals surface area contributed by atoms with Crippen LogP contribution < -0.4 is 0 Å². The minimum absolute atomic E-state index is 0.00714. The Hall–Kier alpha value is -1.75. The Morgan fingerprint density at radius 2 is 1.63 bits per heavy atom. The maximum Gasteiger partial charge on any atom is 0.131 e. The molecule has 0 bridgehead atoms. The lowest BCUT2D eigenvalue weighted by Crippen LogP contribution is -2.08. The van der Waals surface area contributed by atoms with Crippen molar-refractivity contribution in [2.24, 2.45) is 5.18 Å². The van der Waals surface area contributed by atoms with Gasteiger partial charge < -0.3 is 0 Å². The molecule has 0 aliphatic rings. The van der Waals surface area contributed by atoms with Crippen molar-refractivity contribution in [3.8, 4) is 0 Å². The zero-order valence-corrected chi connectivity index (χ0v) is 17.7. The van der Waals surface area contributed by atoms with Gasteiger partial charge in [-0.25, -0.2) is 4.98 Å². The van der Waals surface area contributed by atoms with Crippen LogP contribution in [0.3, 0.4) is 0 Å². The summed E-state index contributed by atoms with van der Waals surface area (Å²) in [7, 11) is 0. The number of nitroso groups, excluding NO2 is 1. The van der Waals surface area contributed by atoms with Crippen LogP contribution in [0.1, 0.15) is 40.6 Å². The smallest absolute Gasteiger partial charge is 0.131 e. The van der Waals surface area contributed by atoms with E-state index < -0.39 is 6.04 Å². The molecule has 138 valence electrons. The van der Waals surface area contributed by atoms with E-state index >= 15 is 0 Å². The first kappa shape index (κ1) is 20.0. The number of hydrogen-bond acceptors (Lipinski definition) is 3. The lowest BCUT2D eigenvalue weighted by atomic mass is 9.83. The van der Waals surface area contributed by atoms with Gasteiger partial charge in [-0.05, 0) is 59.9 Å². The Bertz CT molecular complexity index is 927. The van der Waals surface area contributed by atoms with E-state index in [1.807, 2.05) is 24.3 Å². The zero-order valence-electron chi connectivity index (χ0n) is 14.6. The highest BCUT2D eigenvalue weighted by molar-refractivity contribution is 9.10. The quantitative estimate of drug-likeness (QED) is 0.280. The molecule has 2 atom stereocenters. The molecule has 0 amide bonds. The van der Waals surface area contributed by atoms with Crippen LogP contribution in [0.4, 0.5) is 0 Å². The van der Waals surface area contributed by atoms with Crippen molar-refractivity contribution in [3.05, 3.63) is 103 Å². The molecule has 2 aromatic carbocycles. The lowest BCUT2D eigenvalue weighted by molar-refractivity contribution is 0.592. The van der Waals surface area contributed by atoms with Crippen LogP contribution >= 0.6 is 39.1 Å². The Labute approximate surface area is 176 Å². The van der Waals surface area contributed by atoms with Crippen molar-refractivity contribution in [3.63, 3.8) is 0 Å². The van der Waals surface area contributed by atoms with Crippen LogP contribution in [0.2, 0.25) is 10.3 Å². The van der Waals surface area contributed by atoms with Crippen LogP contribution in [0.5, 0.6) is 0 Å². The summed E-state index contributed by atoms with van der Waals surface area (Å²) in [6, 6.07) is 19.0. The van der Waals surface area contributed by atoms with E-state index in [0.717, 1.165) is 10.0 Å². The maximum atomic E-state index is 11.7. The van der Waals surface area contributed by atoms with Gasteiger partial charge in [0.2, 0.25) is 0 Å². The highest BCUT2D eigenvalue weighted by atomic mass is 79.9. The molecular weight excluding hydrogens is 447 g/mol. The molecule has 27 heavy (non-hydrogen) atoms. The third-order valence-corrected chi connectivity index (χ3v) is 5.51. The van der Waals surface area contributed by atoms with Gasteiger partial charge in [-0.2, -0.15) is 4.91 Å². The molecule has 0 saturated heterocycles. The first-order valence-corrected chi connectivity index (χ1v) is 9.99. The highest BCUT2D eigenvalue weighted by Gasteiger charge is 2.24. The second kappa shape index (κ2) is 8.96. The second-order valence-corrected chi connectivity index (χ2v) is 8.05. The van der Waals surface area contributed by atoms with Crippen molar-refractivity contribution in [1.82, 2.24) is 4.98 Å². The Morgan fingerprint density at radius 3 is 2.22 bits per heavy atom. The van der Waals surface area contributed by atoms with Crippen LogP contribution in [0.25, 0.3) is 0 Å². The number of pyridine rings is 1. The molecule has 6 heteroatoms. The van der Waals surface area contributed by atoms with Gasteiger partial charge in [-0.3, -0.25) is 0 Å². The molecule has 0 aliphatic heterocycles. The van der Waals surface area contributed by atoms with E-state index in [4.69, 9.17) is 23.2 Å². The predicted molar refractivity (Wildman–Crippen MR) is 115 cm³/mol. The summed E-state index contributed by atoms with van der Waals surface area (Å²) in [4.78, 5) is 15.7. The molecule has 1 heterocycles. The maximum absolute atomic E-state index is 11.7. The number of aryl methyl sites for hydroxylation is 1. The largest absolute Gasteiger partial charge is 0.224 e. The van der Waals surface area contributed by atoms with E-state index in [-0.39, 0.29) is 16.2 Å². The first-order valence-electron chi connectivity index (χ1n) is 8.44. The number of halogens is 3. The molecule has 3 aromatic rings. The number of nitrogens with zero attached hydrogens (tertiary/aromatic N) is 2. The van der Waals surface area contributed by atoms with Crippen molar-refractivity contribution in [2.75, 3.05) is 0 Å². The molecular formula is C21H17BrCl2N2O. The molecule has 0 radical (unpaired) electrons. The summed E-state index contributed by atoms with van der Waals surface area (Å²) in [6.45, 7) is 2.07. The summed E-state index contributed by atoms with van der Waals surface area (Å²) < 4.78 is 1.01. The van der Waals surface area contributed by atoms with Crippen molar-refractivity contribution in [1.29, 1.82) is 0 Å². The summed E-state index contributed by atoms with van der Waals surface area (Å²) >= 11 is 15.5. The second-order valence-electron chi connectivity index (χ2n) is 6.36. The molecule has 2 unspecified atom stereocenters. The van der Waals surface area contributed by atoms with Gasteiger partial charge in [0.25, 0.3) is 0 Å². The highest BCUT2D eigenvalue weighted by Crippen LogP contribution is 2.38. The third kappa shape index (κ3) is 4.95. The predicted octanol–water partition coefficient (Wildman–Crippen LogP) is 7.49. The molecule has 0 aliphatic carbocycles. The molecule has 1 aromatic heterocycles. The Kier molecular flexibility index (Phi) is 6.64. The normalized spacial score (nSPS) is 13.2. The number of rotatable bonds is 6. The van der Waals surface area contributed by atoms with E-state index in [0.29, 0.717) is 12.0 Å². The van der Waals surface area contributed by atoms with Crippen LogP contribution in [-0.2, 0) is 0 Å². The Balaban J connectivity index is 2.03. The molecule has 3 rings (SSSR count). The van der Waals surface area contributed by atoms with Gasteiger partial charge >= 0.3 is 0 Å². The minimum atomic E-state index is -0.587. The van der Waals surface area contributed by atoms with E-state index in [1.54, 1.807) is 12.1 Å². The minimum Gasteiger partial charge on any atom is -0.224 e. The summed E-state index contributed by atoms with van der Waals surface area (Å²) in [6.07, 6.45) is 0.507. The van der Waals surface area contributed by atoms with Gasteiger partial charge in [0, 0.05) is 10.4 Å². The average molecular weight is 464 g/mol. The monoisotopic (exact) mass is 462 g/mol. The van der Waals surface area contributed by atoms with Crippen molar-refractivity contribution < 1.29 is 0 Å². The summed E-state index contributed by atoms with van der Waals surface area (Å²) in [5.74, 6) is 0.00714. The fourth-order valence-corrected chi connectivity index (χ4v) is 4.00. The molecule has 0 fully saturated rings. The molecule has 0 spiro atoms. The van der Waals surface area contributed by atoms with Gasteiger partial charge in [-0.1, -0.05) is 80.7 Å².